The van der Waals surface area contributed by atoms with Crippen molar-refractivity contribution in [2.24, 2.45) is 0 Å². The Hall–Kier alpha value is -1.71. The molecule has 0 fully saturated rings. The largest absolute Gasteiger partial charge is 0.465 e. The van der Waals surface area contributed by atoms with E-state index in [2.05, 4.69) is 4.74 Å². The second-order valence-electron chi connectivity index (χ2n) is 2.34. The zero-order valence-corrected chi connectivity index (χ0v) is 8.70. The zero-order chi connectivity index (χ0) is 11.1. The third-order valence-electron chi connectivity index (χ3n) is 1.48. The maximum atomic E-state index is 11.0. The summed E-state index contributed by atoms with van der Waals surface area (Å²) in [5.74, 6) is -0.472. The molecule has 0 aromatic heterocycles. The second-order valence-corrected chi connectivity index (χ2v) is 2.34. The van der Waals surface area contributed by atoms with E-state index in [-0.39, 0.29) is 0 Å². The fraction of sp³-hybridized carbons (Fsp3) is 0.300. The zero-order valence-electron chi connectivity index (χ0n) is 8.70. The third-order valence-corrected chi connectivity index (χ3v) is 1.48. The number of methoxy groups -OCH3 is 1. The summed E-state index contributed by atoms with van der Waals surface area (Å²) in [4.78, 5) is 11.0. The summed E-state index contributed by atoms with van der Waals surface area (Å²) in [6, 6.07) is 4.69. The van der Waals surface area contributed by atoms with Gasteiger partial charge in [-0.15, -0.1) is 0 Å². The van der Waals surface area contributed by atoms with Crippen molar-refractivity contribution < 1.29 is 9.53 Å². The molecule has 0 saturated heterocycles. The van der Waals surface area contributed by atoms with E-state index >= 15 is 0 Å². The summed E-state index contributed by atoms with van der Waals surface area (Å²) < 4.78 is 4.50. The highest BCUT2D eigenvalue weighted by molar-refractivity contribution is 5.95. The molecule has 0 aliphatic rings. The quantitative estimate of drug-likeness (QED) is 0.529. The Morgan fingerprint density at radius 3 is 2.36 bits per heavy atom. The number of benzene rings is 1. The first-order valence-electron chi connectivity index (χ1n) is 4.38. The van der Waals surface area contributed by atoms with E-state index in [4.69, 9.17) is 11.5 Å². The van der Waals surface area contributed by atoms with E-state index in [1.165, 1.54) is 13.2 Å². The van der Waals surface area contributed by atoms with Crippen molar-refractivity contribution in [2.75, 3.05) is 18.6 Å². The molecule has 4 N–H and O–H groups in total. The van der Waals surface area contributed by atoms with Crippen molar-refractivity contribution in [1.82, 2.24) is 0 Å². The lowest BCUT2D eigenvalue weighted by Gasteiger charge is -2.03. The van der Waals surface area contributed by atoms with Gasteiger partial charge in [-0.25, -0.2) is 4.79 Å². The maximum Gasteiger partial charge on any atom is 0.340 e. The van der Waals surface area contributed by atoms with Gasteiger partial charge in [0.1, 0.15) is 0 Å². The van der Waals surface area contributed by atoms with E-state index in [1.807, 2.05) is 13.8 Å². The topological polar surface area (TPSA) is 78.3 Å². The molecule has 0 radical (unpaired) electrons. The number of hydrogen-bond donors (Lipinski definition) is 2. The normalized spacial score (nSPS) is 8.50. The molecule has 1 rings (SSSR count). The summed E-state index contributed by atoms with van der Waals surface area (Å²) in [6.45, 7) is 4.00. The fourth-order valence-electron chi connectivity index (χ4n) is 0.861. The molecule has 4 nitrogen and oxygen atoms in total. The summed E-state index contributed by atoms with van der Waals surface area (Å²) in [5.41, 5.74) is 12.1. The molecule has 0 heterocycles. The van der Waals surface area contributed by atoms with Gasteiger partial charge in [-0.05, 0) is 18.2 Å². The van der Waals surface area contributed by atoms with Crippen LogP contribution in [0, 0.1) is 0 Å². The van der Waals surface area contributed by atoms with Crippen molar-refractivity contribution in [2.45, 2.75) is 13.8 Å². The number of carbonyl (C=O) groups is 1. The van der Waals surface area contributed by atoms with Crippen molar-refractivity contribution >= 4 is 17.3 Å². The first kappa shape index (κ1) is 12.3. The van der Waals surface area contributed by atoms with Gasteiger partial charge in [0.15, 0.2) is 0 Å². The van der Waals surface area contributed by atoms with E-state index in [1.54, 1.807) is 12.1 Å². The van der Waals surface area contributed by atoms with Gasteiger partial charge in [0.2, 0.25) is 0 Å². The van der Waals surface area contributed by atoms with Crippen LogP contribution in [0.25, 0.3) is 0 Å². The van der Waals surface area contributed by atoms with Crippen LogP contribution in [0.2, 0.25) is 0 Å². The van der Waals surface area contributed by atoms with Crippen LogP contribution in [0.5, 0.6) is 0 Å². The summed E-state index contributed by atoms with van der Waals surface area (Å²) in [7, 11) is 1.30. The first-order valence-corrected chi connectivity index (χ1v) is 4.38. The van der Waals surface area contributed by atoms with Crippen LogP contribution in [-0.4, -0.2) is 13.1 Å². The molecule has 14 heavy (non-hydrogen) atoms. The van der Waals surface area contributed by atoms with Crippen molar-refractivity contribution in [3.8, 4) is 0 Å². The minimum atomic E-state index is -0.472. The van der Waals surface area contributed by atoms with E-state index < -0.39 is 5.97 Å². The van der Waals surface area contributed by atoms with Gasteiger partial charge >= 0.3 is 5.97 Å². The lowest BCUT2D eigenvalue weighted by Crippen LogP contribution is -2.06. The number of rotatable bonds is 1. The monoisotopic (exact) mass is 196 g/mol. The van der Waals surface area contributed by atoms with E-state index in [9.17, 15) is 4.79 Å². The first-order chi connectivity index (χ1) is 6.65. The predicted octanol–water partition coefficient (Wildman–Crippen LogP) is 1.66. The van der Waals surface area contributed by atoms with Gasteiger partial charge in [-0.2, -0.15) is 0 Å². The van der Waals surface area contributed by atoms with Crippen molar-refractivity contribution in [3.05, 3.63) is 23.8 Å². The van der Waals surface area contributed by atoms with Crippen LogP contribution in [0.3, 0.4) is 0 Å². The van der Waals surface area contributed by atoms with Gasteiger partial charge in [0.25, 0.3) is 0 Å². The number of ether oxygens (including phenoxy) is 1. The molecular weight excluding hydrogens is 180 g/mol. The number of anilines is 2. The van der Waals surface area contributed by atoms with Gasteiger partial charge in [-0.1, -0.05) is 13.8 Å². The van der Waals surface area contributed by atoms with Crippen LogP contribution in [0.1, 0.15) is 24.2 Å². The van der Waals surface area contributed by atoms with Crippen LogP contribution in [0.4, 0.5) is 11.4 Å². The van der Waals surface area contributed by atoms with Crippen molar-refractivity contribution in [3.63, 3.8) is 0 Å². The Morgan fingerprint density at radius 1 is 1.29 bits per heavy atom. The molecule has 0 atom stereocenters. The number of hydrogen-bond acceptors (Lipinski definition) is 4. The van der Waals surface area contributed by atoms with E-state index in [0.717, 1.165) is 0 Å². The summed E-state index contributed by atoms with van der Waals surface area (Å²) in [6.07, 6.45) is 0. The molecule has 0 aliphatic heterocycles. The average molecular weight is 196 g/mol. The average Bonchev–Trinajstić information content (AvgIpc) is 2.23. The molecule has 4 heteroatoms. The van der Waals surface area contributed by atoms with Crippen LogP contribution in [0.15, 0.2) is 18.2 Å². The van der Waals surface area contributed by atoms with Crippen LogP contribution >= 0.6 is 0 Å². The lowest BCUT2D eigenvalue weighted by atomic mass is 10.1. The number of esters is 1. The molecule has 1 aromatic carbocycles. The molecule has 0 bridgehead atoms. The van der Waals surface area contributed by atoms with Gasteiger partial charge in [0, 0.05) is 11.4 Å². The molecule has 0 aliphatic carbocycles. The third kappa shape index (κ3) is 2.97. The molecule has 1 aromatic rings. The number of nitrogens with two attached hydrogens (primary N) is 2. The number of nitrogen functional groups attached to an aromatic ring is 2. The highest BCUT2D eigenvalue weighted by Gasteiger charge is 2.08. The molecule has 0 unspecified atom stereocenters. The molecule has 0 spiro atoms. The highest BCUT2D eigenvalue weighted by atomic mass is 16.5. The molecular formula is C10H16N2O2. The van der Waals surface area contributed by atoms with E-state index in [0.29, 0.717) is 16.9 Å². The Kier molecular flexibility index (Phi) is 5.14. The Balaban J connectivity index is 0.000000791. The standard InChI is InChI=1S/C8H10N2O2.C2H6/c1-12-8(11)6-4-5(9)2-3-7(6)10;1-2/h2-4H,9-10H2,1H3;1-2H3. The Labute approximate surface area is 83.9 Å². The Morgan fingerprint density at radius 2 is 1.86 bits per heavy atom. The maximum absolute atomic E-state index is 11.0. The van der Waals surface area contributed by atoms with Gasteiger partial charge in [-0.3, -0.25) is 0 Å². The second kappa shape index (κ2) is 5.85. The van der Waals surface area contributed by atoms with Crippen molar-refractivity contribution in [1.29, 1.82) is 0 Å². The molecule has 0 saturated carbocycles. The lowest BCUT2D eigenvalue weighted by molar-refractivity contribution is 0.0602. The summed E-state index contributed by atoms with van der Waals surface area (Å²) >= 11 is 0. The van der Waals surface area contributed by atoms with Gasteiger partial charge < -0.3 is 16.2 Å². The van der Waals surface area contributed by atoms with Gasteiger partial charge in [0.05, 0.1) is 12.7 Å². The highest BCUT2D eigenvalue weighted by Crippen LogP contribution is 2.15. The fourth-order valence-corrected chi connectivity index (χ4v) is 0.861. The van der Waals surface area contributed by atoms with Crippen LogP contribution in [-0.2, 0) is 4.74 Å². The smallest absolute Gasteiger partial charge is 0.340 e. The molecule has 0 amide bonds. The SMILES string of the molecule is CC.COC(=O)c1cc(N)ccc1N. The minimum Gasteiger partial charge on any atom is -0.465 e. The summed E-state index contributed by atoms with van der Waals surface area (Å²) in [5, 5.41) is 0. The minimum absolute atomic E-state index is 0.303. The predicted molar refractivity (Wildman–Crippen MR) is 58.0 cm³/mol. The molecule has 78 valence electrons. The van der Waals surface area contributed by atoms with Crippen LogP contribution < -0.4 is 11.5 Å². The Bertz CT molecular complexity index is 311. The number of carbonyl (C=O) groups excluding carboxylic acids is 1.